The van der Waals surface area contributed by atoms with E-state index in [1.165, 1.54) is 17.0 Å². The first kappa shape index (κ1) is 12.8. The molecule has 0 saturated heterocycles. The van der Waals surface area contributed by atoms with Crippen LogP contribution in [0.25, 0.3) is 0 Å². The molecule has 1 heterocycles. The van der Waals surface area contributed by atoms with E-state index in [9.17, 15) is 9.18 Å². The molecule has 2 aromatic rings. The summed E-state index contributed by atoms with van der Waals surface area (Å²) in [7, 11) is 0. The maximum Gasteiger partial charge on any atom is 0.294 e. The van der Waals surface area contributed by atoms with E-state index in [1.54, 1.807) is 24.3 Å². The van der Waals surface area contributed by atoms with E-state index in [1.807, 2.05) is 6.92 Å². The van der Waals surface area contributed by atoms with Crippen molar-refractivity contribution in [2.75, 3.05) is 11.4 Å². The van der Waals surface area contributed by atoms with Crippen LogP contribution in [-0.4, -0.2) is 12.5 Å². The average Bonchev–Trinajstić information content (AvgIpc) is 2.79. The fourth-order valence-corrected chi connectivity index (χ4v) is 1.93. The van der Waals surface area contributed by atoms with E-state index in [0.29, 0.717) is 16.9 Å². The van der Waals surface area contributed by atoms with Crippen LogP contribution in [0.1, 0.15) is 17.5 Å². The molecule has 1 amide bonds. The quantitative estimate of drug-likeness (QED) is 0.862. The van der Waals surface area contributed by atoms with Crippen LogP contribution >= 0.6 is 15.9 Å². The smallest absolute Gasteiger partial charge is 0.294 e. The minimum Gasteiger partial charge on any atom is -0.444 e. The first-order valence-electron chi connectivity index (χ1n) is 5.44. The molecular formula is C13H11BrFNO2. The molecule has 0 atom stereocenters. The summed E-state index contributed by atoms with van der Waals surface area (Å²) >= 11 is 3.15. The largest absolute Gasteiger partial charge is 0.444 e. The van der Waals surface area contributed by atoms with Gasteiger partial charge >= 0.3 is 0 Å². The van der Waals surface area contributed by atoms with Gasteiger partial charge in [0, 0.05) is 12.2 Å². The number of amides is 1. The lowest BCUT2D eigenvalue weighted by atomic mass is 10.2. The van der Waals surface area contributed by atoms with Gasteiger partial charge in [-0.25, -0.2) is 4.39 Å². The highest BCUT2D eigenvalue weighted by molar-refractivity contribution is 9.10. The third kappa shape index (κ3) is 2.61. The minimum atomic E-state index is -0.331. The second-order valence-corrected chi connectivity index (χ2v) is 4.41. The van der Waals surface area contributed by atoms with E-state index in [4.69, 9.17) is 4.42 Å². The zero-order valence-corrected chi connectivity index (χ0v) is 11.3. The van der Waals surface area contributed by atoms with Crippen LogP contribution in [0, 0.1) is 5.82 Å². The van der Waals surface area contributed by atoms with Gasteiger partial charge in [-0.3, -0.25) is 4.79 Å². The van der Waals surface area contributed by atoms with Crippen LogP contribution < -0.4 is 4.90 Å². The predicted molar refractivity (Wildman–Crippen MR) is 70.2 cm³/mol. The molecular weight excluding hydrogens is 301 g/mol. The molecule has 0 saturated carbocycles. The molecule has 0 N–H and O–H groups in total. The van der Waals surface area contributed by atoms with Gasteiger partial charge in [0.2, 0.25) is 0 Å². The predicted octanol–water partition coefficient (Wildman–Crippen LogP) is 3.85. The molecule has 18 heavy (non-hydrogen) atoms. The molecule has 0 spiro atoms. The van der Waals surface area contributed by atoms with Crippen LogP contribution in [0.5, 0.6) is 0 Å². The Labute approximate surface area is 112 Å². The monoisotopic (exact) mass is 311 g/mol. The summed E-state index contributed by atoms with van der Waals surface area (Å²) < 4.78 is 18.6. The van der Waals surface area contributed by atoms with Crippen LogP contribution in [0.3, 0.4) is 0 Å². The Morgan fingerprint density at radius 3 is 2.44 bits per heavy atom. The van der Waals surface area contributed by atoms with Crippen LogP contribution in [0.4, 0.5) is 10.1 Å². The van der Waals surface area contributed by atoms with E-state index < -0.39 is 0 Å². The molecule has 0 aliphatic carbocycles. The maximum absolute atomic E-state index is 12.9. The first-order chi connectivity index (χ1) is 8.61. The molecule has 0 radical (unpaired) electrons. The van der Waals surface area contributed by atoms with Gasteiger partial charge in [0.15, 0.2) is 10.4 Å². The van der Waals surface area contributed by atoms with Crippen molar-refractivity contribution in [1.82, 2.24) is 0 Å². The van der Waals surface area contributed by atoms with Crippen molar-refractivity contribution < 1.29 is 13.6 Å². The Kier molecular flexibility index (Phi) is 3.81. The first-order valence-corrected chi connectivity index (χ1v) is 6.24. The zero-order valence-electron chi connectivity index (χ0n) is 9.69. The number of halogens is 2. The zero-order chi connectivity index (χ0) is 13.1. The van der Waals surface area contributed by atoms with Crippen LogP contribution in [0.2, 0.25) is 0 Å². The van der Waals surface area contributed by atoms with E-state index in [2.05, 4.69) is 15.9 Å². The summed E-state index contributed by atoms with van der Waals surface area (Å²) in [5, 5.41) is 0. The van der Waals surface area contributed by atoms with Gasteiger partial charge in [0.25, 0.3) is 5.91 Å². The van der Waals surface area contributed by atoms with Crippen molar-refractivity contribution in [3.05, 3.63) is 52.6 Å². The Morgan fingerprint density at radius 1 is 1.28 bits per heavy atom. The van der Waals surface area contributed by atoms with Crippen molar-refractivity contribution in [3.63, 3.8) is 0 Å². The lowest BCUT2D eigenvalue weighted by molar-refractivity contribution is 0.0960. The van der Waals surface area contributed by atoms with Gasteiger partial charge in [0.05, 0.1) is 0 Å². The minimum absolute atomic E-state index is 0.244. The Bertz CT molecular complexity index is 550. The van der Waals surface area contributed by atoms with Gasteiger partial charge < -0.3 is 9.32 Å². The van der Waals surface area contributed by atoms with Crippen molar-refractivity contribution in [1.29, 1.82) is 0 Å². The highest BCUT2D eigenvalue weighted by atomic mass is 79.9. The summed E-state index contributed by atoms with van der Waals surface area (Å²) in [5.41, 5.74) is 0.636. The van der Waals surface area contributed by atoms with Gasteiger partial charge in [-0.1, -0.05) is 0 Å². The van der Waals surface area contributed by atoms with Crippen molar-refractivity contribution >= 4 is 27.5 Å². The standard InChI is InChI=1S/C13H11BrFNO2/c1-2-16(10-5-3-9(15)4-6-10)13(17)11-7-8-12(14)18-11/h3-8H,2H2,1H3. The molecule has 0 fully saturated rings. The number of benzene rings is 1. The molecule has 3 nitrogen and oxygen atoms in total. The molecule has 5 heteroatoms. The molecule has 94 valence electrons. The summed E-state index contributed by atoms with van der Waals surface area (Å²) in [6.45, 7) is 2.32. The molecule has 1 aromatic heterocycles. The third-order valence-electron chi connectivity index (χ3n) is 2.48. The van der Waals surface area contributed by atoms with Crippen molar-refractivity contribution in [2.45, 2.75) is 6.92 Å². The number of hydrogen-bond acceptors (Lipinski definition) is 2. The number of carbonyl (C=O) groups excluding carboxylic acids is 1. The summed E-state index contributed by atoms with van der Waals surface area (Å²) in [6.07, 6.45) is 0. The second kappa shape index (κ2) is 5.35. The van der Waals surface area contributed by atoms with Gasteiger partial charge in [0.1, 0.15) is 5.82 Å². The lowest BCUT2D eigenvalue weighted by Crippen LogP contribution is -2.30. The Balaban J connectivity index is 2.28. The topological polar surface area (TPSA) is 33.5 Å². The van der Waals surface area contributed by atoms with Crippen LogP contribution in [0.15, 0.2) is 45.5 Å². The number of hydrogen-bond donors (Lipinski definition) is 0. The van der Waals surface area contributed by atoms with Gasteiger partial charge in [-0.15, -0.1) is 0 Å². The number of nitrogens with zero attached hydrogens (tertiary/aromatic N) is 1. The average molecular weight is 312 g/mol. The Hall–Kier alpha value is -1.62. The lowest BCUT2D eigenvalue weighted by Gasteiger charge is -2.19. The molecule has 0 aliphatic heterocycles. The molecule has 2 rings (SSSR count). The SMILES string of the molecule is CCN(C(=O)c1ccc(Br)o1)c1ccc(F)cc1. The fraction of sp³-hybridized carbons (Fsp3) is 0.154. The molecule has 1 aromatic carbocycles. The summed E-state index contributed by atoms with van der Waals surface area (Å²) in [4.78, 5) is 13.7. The van der Waals surface area contributed by atoms with Gasteiger partial charge in [-0.2, -0.15) is 0 Å². The number of carbonyl (C=O) groups is 1. The normalized spacial score (nSPS) is 10.4. The second-order valence-electron chi connectivity index (χ2n) is 3.63. The fourth-order valence-electron chi connectivity index (χ4n) is 1.63. The number of furan rings is 1. The number of anilines is 1. The maximum atomic E-state index is 12.9. The van der Waals surface area contributed by atoms with Crippen molar-refractivity contribution in [2.24, 2.45) is 0 Å². The van der Waals surface area contributed by atoms with E-state index >= 15 is 0 Å². The summed E-state index contributed by atoms with van der Waals surface area (Å²) in [6, 6.07) is 9.03. The van der Waals surface area contributed by atoms with E-state index in [0.717, 1.165) is 0 Å². The van der Waals surface area contributed by atoms with Gasteiger partial charge in [-0.05, 0) is 59.3 Å². The van der Waals surface area contributed by atoms with Crippen molar-refractivity contribution in [3.8, 4) is 0 Å². The summed E-state index contributed by atoms with van der Waals surface area (Å²) in [5.74, 6) is -0.342. The highest BCUT2D eigenvalue weighted by Crippen LogP contribution is 2.20. The Morgan fingerprint density at radius 2 is 1.94 bits per heavy atom. The molecule has 0 bridgehead atoms. The third-order valence-corrected chi connectivity index (χ3v) is 2.91. The van der Waals surface area contributed by atoms with E-state index in [-0.39, 0.29) is 17.5 Å². The number of rotatable bonds is 3. The highest BCUT2D eigenvalue weighted by Gasteiger charge is 2.19. The molecule has 0 unspecified atom stereocenters. The molecule has 0 aliphatic rings. The van der Waals surface area contributed by atoms with Crippen LogP contribution in [-0.2, 0) is 0 Å².